The Morgan fingerprint density at radius 3 is 2.92 bits per heavy atom. The van der Waals surface area contributed by atoms with Crippen LogP contribution in [0.25, 0.3) is 0 Å². The predicted octanol–water partition coefficient (Wildman–Crippen LogP) is 0.990. The lowest BCUT2D eigenvalue weighted by Crippen LogP contribution is -2.32. The van der Waals surface area contributed by atoms with Gasteiger partial charge in [-0.2, -0.15) is 0 Å². The van der Waals surface area contributed by atoms with Gasteiger partial charge in [0.05, 0.1) is 6.54 Å². The van der Waals surface area contributed by atoms with Crippen molar-refractivity contribution >= 4 is 6.09 Å². The van der Waals surface area contributed by atoms with Crippen molar-refractivity contribution in [3.8, 4) is 0 Å². The van der Waals surface area contributed by atoms with Gasteiger partial charge >= 0.3 is 6.09 Å². The van der Waals surface area contributed by atoms with E-state index in [0.717, 1.165) is 13.0 Å². The van der Waals surface area contributed by atoms with Gasteiger partial charge in [0.25, 0.3) is 0 Å². The van der Waals surface area contributed by atoms with Crippen LogP contribution in [0.5, 0.6) is 0 Å². The first kappa shape index (κ1) is 10.3. The van der Waals surface area contributed by atoms with Crippen molar-refractivity contribution in [3.05, 3.63) is 0 Å². The molecule has 0 spiro atoms. The molecule has 1 aliphatic rings. The topological polar surface area (TPSA) is 49.8 Å². The Hall–Kier alpha value is -0.770. The quantitative estimate of drug-likeness (QED) is 0.714. The Morgan fingerprint density at radius 1 is 1.69 bits per heavy atom. The largest absolute Gasteiger partial charge is 0.441 e. The zero-order valence-corrected chi connectivity index (χ0v) is 8.25. The van der Waals surface area contributed by atoms with Crippen LogP contribution in [0.4, 0.5) is 4.79 Å². The first-order valence-corrected chi connectivity index (χ1v) is 4.70. The maximum absolute atomic E-state index is 11.3. The number of carbonyl (C=O) groups is 1. The number of hydrogen-bond acceptors (Lipinski definition) is 3. The number of aliphatic hydroxyl groups excluding tert-OH is 1. The molecule has 0 saturated carbocycles. The summed E-state index contributed by atoms with van der Waals surface area (Å²) in [5.41, 5.74) is -0.485. The van der Waals surface area contributed by atoms with E-state index in [1.807, 2.05) is 13.8 Å². The second-order valence-electron chi connectivity index (χ2n) is 3.71. The van der Waals surface area contributed by atoms with E-state index < -0.39 is 5.60 Å². The number of ether oxygens (including phenoxy) is 1. The van der Waals surface area contributed by atoms with E-state index in [1.54, 1.807) is 4.90 Å². The van der Waals surface area contributed by atoms with Crippen LogP contribution >= 0.6 is 0 Å². The minimum atomic E-state index is -0.485. The maximum Gasteiger partial charge on any atom is 0.410 e. The molecule has 1 heterocycles. The van der Waals surface area contributed by atoms with Crippen molar-refractivity contribution in [3.63, 3.8) is 0 Å². The number of amides is 1. The third-order valence-electron chi connectivity index (χ3n) is 2.25. The molecule has 1 N–H and O–H groups in total. The van der Waals surface area contributed by atoms with Crippen LogP contribution in [0.1, 0.15) is 26.7 Å². The van der Waals surface area contributed by atoms with E-state index in [1.165, 1.54) is 0 Å². The van der Waals surface area contributed by atoms with Crippen LogP contribution in [0.3, 0.4) is 0 Å². The molecule has 0 bridgehead atoms. The molecule has 4 heteroatoms. The second kappa shape index (κ2) is 3.96. The fourth-order valence-corrected chi connectivity index (χ4v) is 1.58. The highest BCUT2D eigenvalue weighted by Gasteiger charge is 2.40. The van der Waals surface area contributed by atoms with Gasteiger partial charge in [-0.25, -0.2) is 4.79 Å². The van der Waals surface area contributed by atoms with Gasteiger partial charge in [-0.3, -0.25) is 0 Å². The molecule has 4 nitrogen and oxygen atoms in total. The summed E-state index contributed by atoms with van der Waals surface area (Å²) in [7, 11) is 0. The Labute approximate surface area is 78.5 Å². The van der Waals surface area contributed by atoms with Gasteiger partial charge in [0, 0.05) is 19.6 Å². The summed E-state index contributed by atoms with van der Waals surface area (Å²) in [6.45, 7) is 5.27. The normalized spacial score (nSPS) is 27.9. The summed E-state index contributed by atoms with van der Waals surface area (Å²) < 4.78 is 5.18. The number of carbonyl (C=O) groups excluding carboxylic acids is 1. The molecule has 0 aromatic rings. The molecule has 1 unspecified atom stereocenters. The molecule has 1 atom stereocenters. The fourth-order valence-electron chi connectivity index (χ4n) is 1.58. The lowest BCUT2D eigenvalue weighted by atomic mass is 10.0. The smallest absolute Gasteiger partial charge is 0.410 e. The summed E-state index contributed by atoms with van der Waals surface area (Å²) in [6.07, 6.45) is 1.20. The molecule has 0 aromatic carbocycles. The molecular weight excluding hydrogens is 170 g/mol. The van der Waals surface area contributed by atoms with Gasteiger partial charge in [0.1, 0.15) is 5.60 Å². The van der Waals surface area contributed by atoms with Crippen molar-refractivity contribution < 1.29 is 14.6 Å². The summed E-state index contributed by atoms with van der Waals surface area (Å²) in [4.78, 5) is 13.0. The lowest BCUT2D eigenvalue weighted by molar-refractivity contribution is 0.0502. The third-order valence-corrected chi connectivity index (χ3v) is 2.25. The van der Waals surface area contributed by atoms with Gasteiger partial charge in [0.2, 0.25) is 0 Å². The predicted molar refractivity (Wildman–Crippen MR) is 48.5 cm³/mol. The first-order valence-electron chi connectivity index (χ1n) is 4.70. The molecule has 13 heavy (non-hydrogen) atoms. The van der Waals surface area contributed by atoms with Gasteiger partial charge in [-0.05, 0) is 13.3 Å². The molecule has 1 saturated heterocycles. The minimum absolute atomic E-state index is 0.0593. The average molecular weight is 187 g/mol. The molecule has 1 amide bonds. The van der Waals surface area contributed by atoms with Crippen molar-refractivity contribution in [2.24, 2.45) is 0 Å². The van der Waals surface area contributed by atoms with E-state index in [9.17, 15) is 4.79 Å². The number of hydrogen-bond donors (Lipinski definition) is 1. The molecule has 0 aliphatic carbocycles. The summed E-state index contributed by atoms with van der Waals surface area (Å²) in [6, 6.07) is 0. The van der Waals surface area contributed by atoms with Crippen LogP contribution in [0.2, 0.25) is 0 Å². The Kier molecular flexibility index (Phi) is 3.14. The Balaban J connectivity index is 2.53. The van der Waals surface area contributed by atoms with Crippen LogP contribution < -0.4 is 0 Å². The second-order valence-corrected chi connectivity index (χ2v) is 3.71. The van der Waals surface area contributed by atoms with Gasteiger partial charge in [-0.1, -0.05) is 6.92 Å². The van der Waals surface area contributed by atoms with Gasteiger partial charge in [-0.15, -0.1) is 0 Å². The van der Waals surface area contributed by atoms with E-state index in [2.05, 4.69) is 0 Å². The maximum atomic E-state index is 11.3. The molecule has 1 rings (SSSR count). The van der Waals surface area contributed by atoms with Gasteiger partial charge < -0.3 is 14.7 Å². The summed E-state index contributed by atoms with van der Waals surface area (Å²) in [5, 5.41) is 8.78. The number of cyclic esters (lactones) is 1. The minimum Gasteiger partial charge on any atom is -0.441 e. The monoisotopic (exact) mass is 187 g/mol. The fraction of sp³-hybridized carbons (Fsp3) is 0.889. The van der Waals surface area contributed by atoms with Crippen LogP contribution in [0.15, 0.2) is 0 Å². The van der Waals surface area contributed by atoms with E-state index in [-0.39, 0.29) is 12.7 Å². The number of aliphatic hydroxyl groups is 1. The molecule has 76 valence electrons. The first-order chi connectivity index (χ1) is 6.11. The van der Waals surface area contributed by atoms with Gasteiger partial charge in [0.15, 0.2) is 0 Å². The van der Waals surface area contributed by atoms with E-state index >= 15 is 0 Å². The third kappa shape index (κ3) is 2.34. The highest BCUT2D eigenvalue weighted by molar-refractivity contribution is 5.70. The lowest BCUT2D eigenvalue weighted by Gasteiger charge is -2.20. The van der Waals surface area contributed by atoms with Crippen molar-refractivity contribution in [2.75, 3.05) is 19.7 Å². The summed E-state index contributed by atoms with van der Waals surface area (Å²) >= 11 is 0. The van der Waals surface area contributed by atoms with Crippen LogP contribution in [0, 0.1) is 0 Å². The van der Waals surface area contributed by atoms with E-state index in [4.69, 9.17) is 9.84 Å². The van der Waals surface area contributed by atoms with Crippen LogP contribution in [-0.2, 0) is 4.74 Å². The Morgan fingerprint density at radius 2 is 2.38 bits per heavy atom. The molecule has 1 fully saturated rings. The SMILES string of the molecule is CCCN1CC(C)(CCO)OC1=O. The molecule has 0 radical (unpaired) electrons. The van der Waals surface area contributed by atoms with Crippen LogP contribution in [-0.4, -0.2) is 41.4 Å². The number of rotatable bonds is 4. The zero-order valence-electron chi connectivity index (χ0n) is 8.25. The molecule has 1 aliphatic heterocycles. The highest BCUT2D eigenvalue weighted by atomic mass is 16.6. The van der Waals surface area contributed by atoms with Crippen molar-refractivity contribution in [1.29, 1.82) is 0 Å². The average Bonchev–Trinajstić information content (AvgIpc) is 2.28. The molecular formula is C9H17NO3. The standard InChI is InChI=1S/C9H17NO3/c1-3-5-10-7-9(2,4-6-11)13-8(10)12/h11H,3-7H2,1-2H3. The summed E-state index contributed by atoms with van der Waals surface area (Å²) in [5.74, 6) is 0. The number of nitrogens with zero attached hydrogens (tertiary/aromatic N) is 1. The highest BCUT2D eigenvalue weighted by Crippen LogP contribution is 2.25. The van der Waals surface area contributed by atoms with Crippen molar-refractivity contribution in [2.45, 2.75) is 32.3 Å². The Bertz CT molecular complexity index is 195. The zero-order chi connectivity index (χ0) is 9.90. The van der Waals surface area contributed by atoms with E-state index in [0.29, 0.717) is 13.0 Å². The molecule has 0 aromatic heterocycles. The van der Waals surface area contributed by atoms with Crippen molar-refractivity contribution in [1.82, 2.24) is 4.90 Å².